The Morgan fingerprint density at radius 3 is 1.65 bits per heavy atom. The van der Waals surface area contributed by atoms with Gasteiger partial charge >= 0.3 is 5.97 Å². The molecule has 4 nitrogen and oxygen atoms in total. The van der Waals surface area contributed by atoms with Crippen LogP contribution in [0.15, 0.2) is 0 Å². The van der Waals surface area contributed by atoms with Crippen molar-refractivity contribution in [3.63, 3.8) is 0 Å². The lowest BCUT2D eigenvalue weighted by atomic mass is 10.00. The Labute approximate surface area is 163 Å². The highest BCUT2D eigenvalue weighted by Crippen LogP contribution is 2.15. The maximum absolute atomic E-state index is 11.7. The first-order chi connectivity index (χ1) is 12.0. The fraction of sp³-hybridized carbons (Fsp3) is 0.955. The molecular weight excluding hydrogens is 328 g/mol. The van der Waals surface area contributed by atoms with E-state index in [2.05, 4.69) is 20.8 Å². The highest BCUT2D eigenvalue weighted by molar-refractivity contribution is 5.72. The molecule has 1 atom stereocenters. The molecule has 0 radical (unpaired) electrons. The van der Waals surface area contributed by atoms with E-state index in [1.165, 1.54) is 19.3 Å². The van der Waals surface area contributed by atoms with Gasteiger partial charge in [-0.1, -0.05) is 52.9 Å². The molecule has 0 aromatic carbocycles. The first kappa shape index (κ1) is 27.6. The molecule has 0 spiro atoms. The third kappa shape index (κ3) is 21.4. The van der Waals surface area contributed by atoms with E-state index < -0.39 is 0 Å². The Bertz CT molecular complexity index is 312. The molecule has 0 amide bonds. The molecule has 0 N–H and O–H groups in total. The number of carbonyl (C=O) groups is 1. The zero-order chi connectivity index (χ0) is 20.6. The van der Waals surface area contributed by atoms with Crippen molar-refractivity contribution in [2.24, 2.45) is 5.92 Å². The summed E-state index contributed by atoms with van der Waals surface area (Å²) in [7, 11) is 0. The predicted octanol–water partition coefficient (Wildman–Crippen LogP) is 6.86. The van der Waals surface area contributed by atoms with E-state index in [0.717, 1.165) is 32.1 Å². The Hall–Kier alpha value is -0.610. The maximum atomic E-state index is 11.7. The van der Waals surface area contributed by atoms with E-state index in [4.69, 9.17) is 14.5 Å². The van der Waals surface area contributed by atoms with Crippen LogP contribution in [0.3, 0.4) is 0 Å². The number of hydrogen-bond acceptors (Lipinski definition) is 4. The second kappa shape index (κ2) is 15.4. The van der Waals surface area contributed by atoms with Crippen LogP contribution in [0.25, 0.3) is 0 Å². The van der Waals surface area contributed by atoms with Crippen molar-refractivity contribution >= 4 is 5.97 Å². The Balaban J connectivity index is 0. The van der Waals surface area contributed by atoms with Crippen molar-refractivity contribution in [1.29, 1.82) is 0 Å². The smallest absolute Gasteiger partial charge is 0.308 e. The monoisotopic (exact) mass is 374 g/mol. The van der Waals surface area contributed by atoms with Gasteiger partial charge in [0.2, 0.25) is 0 Å². The largest absolute Gasteiger partial charge is 0.465 e. The molecule has 0 fully saturated rings. The minimum atomic E-state index is -0.215. The van der Waals surface area contributed by atoms with Crippen molar-refractivity contribution in [2.75, 3.05) is 6.61 Å². The molecule has 0 aromatic rings. The lowest BCUT2D eigenvalue weighted by Gasteiger charge is -2.24. The van der Waals surface area contributed by atoms with Crippen molar-refractivity contribution in [3.05, 3.63) is 0 Å². The van der Waals surface area contributed by atoms with E-state index >= 15 is 0 Å². The van der Waals surface area contributed by atoms with Crippen molar-refractivity contribution in [1.82, 2.24) is 0 Å². The first-order valence-corrected chi connectivity index (χ1v) is 10.5. The van der Waals surface area contributed by atoms with Crippen LogP contribution in [0, 0.1) is 5.92 Å². The third-order valence-electron chi connectivity index (χ3n) is 3.52. The van der Waals surface area contributed by atoms with Crippen LogP contribution < -0.4 is 0 Å². The summed E-state index contributed by atoms with van der Waals surface area (Å²) in [6.45, 7) is 18.8. The van der Waals surface area contributed by atoms with Gasteiger partial charge in [-0.3, -0.25) is 4.79 Å². The average molecular weight is 375 g/mol. The van der Waals surface area contributed by atoms with Gasteiger partial charge in [0.1, 0.15) is 0 Å². The molecule has 0 saturated heterocycles. The molecule has 0 aliphatic heterocycles. The summed E-state index contributed by atoms with van der Waals surface area (Å²) in [6.07, 6.45) is 8.84. The Kier molecular flexibility index (Phi) is 16.4. The number of carbonyl (C=O) groups excluding carboxylic acids is 1. The number of ether oxygens (including phenoxy) is 1. The highest BCUT2D eigenvalue weighted by atomic mass is 17.2. The molecule has 0 aliphatic rings. The molecule has 158 valence electrons. The standard InChI is InChI=1S/C14H28O2.C8H18O2/c1-4-7-9-10-12-16-14(15)13(6-3)11-8-5-2;1-7(2,3)9-10-8(4,5)6/h13H,4-12H2,1-3H3;1-6H3. The number of hydrogen-bond donors (Lipinski definition) is 0. The minimum Gasteiger partial charge on any atom is -0.465 e. The summed E-state index contributed by atoms with van der Waals surface area (Å²) in [5.41, 5.74) is -0.430. The van der Waals surface area contributed by atoms with E-state index in [-0.39, 0.29) is 23.1 Å². The van der Waals surface area contributed by atoms with Crippen LogP contribution in [0.2, 0.25) is 0 Å². The van der Waals surface area contributed by atoms with Gasteiger partial charge in [0.15, 0.2) is 0 Å². The molecule has 0 aliphatic carbocycles. The Morgan fingerprint density at radius 1 is 0.769 bits per heavy atom. The van der Waals surface area contributed by atoms with E-state index in [1.54, 1.807) is 0 Å². The first-order valence-electron chi connectivity index (χ1n) is 10.5. The second-order valence-corrected chi connectivity index (χ2v) is 8.87. The summed E-state index contributed by atoms with van der Waals surface area (Å²) in [6, 6.07) is 0. The molecule has 0 saturated carbocycles. The average Bonchev–Trinajstić information content (AvgIpc) is 2.53. The lowest BCUT2D eigenvalue weighted by Crippen LogP contribution is -2.27. The third-order valence-corrected chi connectivity index (χ3v) is 3.52. The van der Waals surface area contributed by atoms with Gasteiger partial charge in [0.05, 0.1) is 23.7 Å². The Morgan fingerprint density at radius 2 is 1.27 bits per heavy atom. The van der Waals surface area contributed by atoms with Crippen LogP contribution in [-0.2, 0) is 19.3 Å². The lowest BCUT2D eigenvalue weighted by molar-refractivity contribution is -0.393. The number of unbranched alkanes of at least 4 members (excludes halogenated alkanes) is 4. The summed E-state index contributed by atoms with van der Waals surface area (Å²) in [4.78, 5) is 21.9. The van der Waals surface area contributed by atoms with Gasteiger partial charge in [-0.2, -0.15) is 0 Å². The second-order valence-electron chi connectivity index (χ2n) is 8.87. The van der Waals surface area contributed by atoms with Crippen LogP contribution in [0.1, 0.15) is 114 Å². The molecule has 26 heavy (non-hydrogen) atoms. The van der Waals surface area contributed by atoms with Crippen molar-refractivity contribution in [2.45, 2.75) is 125 Å². The van der Waals surface area contributed by atoms with Gasteiger partial charge in [0.25, 0.3) is 0 Å². The van der Waals surface area contributed by atoms with Crippen LogP contribution in [0.5, 0.6) is 0 Å². The molecule has 0 aromatic heterocycles. The van der Waals surface area contributed by atoms with Crippen molar-refractivity contribution < 1.29 is 19.3 Å². The predicted molar refractivity (Wildman–Crippen MR) is 110 cm³/mol. The molecule has 4 heteroatoms. The SMILES string of the molecule is CC(C)(C)OOC(C)(C)C.CCCCCCOC(=O)C(CC)CCCC. The number of esters is 1. The fourth-order valence-electron chi connectivity index (χ4n) is 2.01. The van der Waals surface area contributed by atoms with E-state index in [1.807, 2.05) is 41.5 Å². The van der Waals surface area contributed by atoms with Crippen LogP contribution >= 0.6 is 0 Å². The highest BCUT2D eigenvalue weighted by Gasteiger charge is 2.18. The molecule has 0 rings (SSSR count). The molecular formula is C22H46O4. The fourth-order valence-corrected chi connectivity index (χ4v) is 2.01. The van der Waals surface area contributed by atoms with Gasteiger partial charge in [-0.05, 0) is 60.8 Å². The van der Waals surface area contributed by atoms with Gasteiger partial charge in [0, 0.05) is 0 Å². The van der Waals surface area contributed by atoms with Gasteiger partial charge in [-0.15, -0.1) is 0 Å². The quantitative estimate of drug-likeness (QED) is 0.171. The maximum Gasteiger partial charge on any atom is 0.308 e. The van der Waals surface area contributed by atoms with E-state index in [0.29, 0.717) is 6.61 Å². The normalized spacial score (nSPS) is 13.0. The molecule has 1 unspecified atom stereocenters. The summed E-state index contributed by atoms with van der Waals surface area (Å²) in [5.74, 6) is 0.151. The van der Waals surface area contributed by atoms with Crippen LogP contribution in [-0.4, -0.2) is 23.8 Å². The zero-order valence-electron chi connectivity index (χ0n) is 19.1. The topological polar surface area (TPSA) is 44.8 Å². The summed E-state index contributed by atoms with van der Waals surface area (Å²) >= 11 is 0. The summed E-state index contributed by atoms with van der Waals surface area (Å²) in [5, 5.41) is 0. The number of rotatable bonds is 11. The summed E-state index contributed by atoms with van der Waals surface area (Å²) < 4.78 is 5.30. The van der Waals surface area contributed by atoms with Crippen molar-refractivity contribution in [3.8, 4) is 0 Å². The zero-order valence-corrected chi connectivity index (χ0v) is 19.1. The van der Waals surface area contributed by atoms with Gasteiger partial charge in [-0.25, -0.2) is 9.78 Å². The molecule has 0 heterocycles. The van der Waals surface area contributed by atoms with Crippen LogP contribution in [0.4, 0.5) is 0 Å². The van der Waals surface area contributed by atoms with E-state index in [9.17, 15) is 4.79 Å². The minimum absolute atomic E-state index is 0.0208. The van der Waals surface area contributed by atoms with Gasteiger partial charge < -0.3 is 4.74 Å². The molecule has 0 bridgehead atoms.